The fourth-order valence-corrected chi connectivity index (χ4v) is 4.21. The Kier molecular flexibility index (Phi) is 8.15. The van der Waals surface area contributed by atoms with Crippen LogP contribution in [0.25, 0.3) is 0 Å². The molecular formula is C15H24N5NaO7S. The van der Waals surface area contributed by atoms with Gasteiger partial charge < -0.3 is 24.8 Å². The Labute approximate surface area is 191 Å². The molecule has 0 aromatic heterocycles. The first-order valence-corrected chi connectivity index (χ1v) is 10.5. The van der Waals surface area contributed by atoms with Gasteiger partial charge in [0.05, 0.1) is 24.7 Å². The summed E-state index contributed by atoms with van der Waals surface area (Å²) in [6.45, 7) is 3.32. The number of urea groups is 1. The van der Waals surface area contributed by atoms with Gasteiger partial charge in [-0.25, -0.2) is 18.0 Å². The molecule has 3 heterocycles. The van der Waals surface area contributed by atoms with Gasteiger partial charge in [0.25, 0.3) is 0 Å². The second kappa shape index (κ2) is 9.79. The summed E-state index contributed by atoms with van der Waals surface area (Å²) in [7, 11) is -5.03. The predicted molar refractivity (Wildman–Crippen MR) is 94.8 cm³/mol. The zero-order valence-corrected chi connectivity index (χ0v) is 19.3. The van der Waals surface area contributed by atoms with E-state index in [1.165, 1.54) is 4.90 Å². The topological polar surface area (TPSA) is 158 Å². The first kappa shape index (κ1) is 24.2. The molecule has 2 N–H and O–H groups in total. The standard InChI is InChI=1S/C15H25N5O7S.Na/c1-2-26-15(22)18-7-5-10(6-8-18)17-13(16)12-4-3-11-9-19(12)14(21)20(11)27-28(23,24)25;/h10-12H,2-9H2,1H3,(H2,16,17)(H,23,24,25);/q;+1/p-1/t11-,12+;/m1./s1. The predicted octanol–water partition coefficient (Wildman–Crippen LogP) is -3.37. The smallest absolute Gasteiger partial charge is 0.724 e. The molecule has 0 saturated carbocycles. The van der Waals surface area contributed by atoms with Crippen LogP contribution < -0.4 is 35.3 Å². The van der Waals surface area contributed by atoms with Crippen LogP contribution in [0.5, 0.6) is 0 Å². The molecule has 29 heavy (non-hydrogen) atoms. The van der Waals surface area contributed by atoms with Crippen LogP contribution in [-0.4, -0.2) is 90.2 Å². The quantitative estimate of drug-likeness (QED) is 0.152. The fourth-order valence-electron chi connectivity index (χ4n) is 3.83. The van der Waals surface area contributed by atoms with Gasteiger partial charge in [0.2, 0.25) is 10.4 Å². The Bertz CT molecular complexity index is 756. The van der Waals surface area contributed by atoms with Gasteiger partial charge >= 0.3 is 41.7 Å². The third-order valence-electron chi connectivity index (χ3n) is 5.16. The van der Waals surface area contributed by atoms with Crippen LogP contribution in [0.4, 0.5) is 9.59 Å². The molecule has 0 aromatic rings. The van der Waals surface area contributed by atoms with Gasteiger partial charge in [-0.05, 0) is 32.6 Å². The number of amides is 3. The molecule has 0 radical (unpaired) electrons. The van der Waals surface area contributed by atoms with E-state index in [2.05, 4.69) is 9.28 Å². The molecule has 0 spiro atoms. The first-order chi connectivity index (χ1) is 13.2. The summed E-state index contributed by atoms with van der Waals surface area (Å²) in [6.07, 6.45) is 1.86. The van der Waals surface area contributed by atoms with Crippen molar-refractivity contribution in [3.05, 3.63) is 0 Å². The molecule has 3 rings (SSSR count). The van der Waals surface area contributed by atoms with Crippen LogP contribution in [0.1, 0.15) is 32.6 Å². The van der Waals surface area contributed by atoms with Crippen molar-refractivity contribution in [1.82, 2.24) is 14.9 Å². The van der Waals surface area contributed by atoms with Gasteiger partial charge in [0.15, 0.2) is 0 Å². The number of hydrogen-bond donors (Lipinski definition) is 1. The summed E-state index contributed by atoms with van der Waals surface area (Å²) < 4.78 is 41.8. The molecule has 3 aliphatic rings. The molecule has 0 aromatic carbocycles. The number of carbonyl (C=O) groups is 2. The second-order valence-electron chi connectivity index (χ2n) is 6.96. The maximum Gasteiger partial charge on any atom is 1.00 e. The molecule has 0 aliphatic carbocycles. The van der Waals surface area contributed by atoms with Gasteiger partial charge in [0.1, 0.15) is 5.84 Å². The molecule has 0 unspecified atom stereocenters. The summed E-state index contributed by atoms with van der Waals surface area (Å²) in [5.41, 5.74) is 6.15. The Balaban J connectivity index is 0.00000300. The minimum absolute atomic E-state index is 0. The summed E-state index contributed by atoms with van der Waals surface area (Å²) in [4.78, 5) is 31.7. The van der Waals surface area contributed by atoms with Crippen LogP contribution >= 0.6 is 0 Å². The van der Waals surface area contributed by atoms with Crippen molar-refractivity contribution in [1.29, 1.82) is 0 Å². The zero-order valence-electron chi connectivity index (χ0n) is 16.5. The Morgan fingerprint density at radius 1 is 1.28 bits per heavy atom. The molecule has 2 atom stereocenters. The summed E-state index contributed by atoms with van der Waals surface area (Å²) >= 11 is 0. The molecule has 2 bridgehead atoms. The monoisotopic (exact) mass is 441 g/mol. The summed E-state index contributed by atoms with van der Waals surface area (Å²) in [6, 6.07) is -1.76. The Morgan fingerprint density at radius 3 is 2.52 bits per heavy atom. The van der Waals surface area contributed by atoms with Crippen LogP contribution in [0.2, 0.25) is 0 Å². The van der Waals surface area contributed by atoms with Crippen molar-refractivity contribution in [3.63, 3.8) is 0 Å². The molecular weight excluding hydrogens is 417 g/mol. The minimum Gasteiger partial charge on any atom is -0.724 e. The van der Waals surface area contributed by atoms with Crippen molar-refractivity contribution in [2.75, 3.05) is 26.2 Å². The number of nitrogens with zero attached hydrogens (tertiary/aromatic N) is 4. The van der Waals surface area contributed by atoms with Gasteiger partial charge in [-0.1, -0.05) is 0 Å². The van der Waals surface area contributed by atoms with Gasteiger partial charge in [-0.15, -0.1) is 0 Å². The van der Waals surface area contributed by atoms with E-state index < -0.39 is 28.5 Å². The number of hydrogen-bond acceptors (Lipinski definition) is 8. The SMILES string of the molecule is CCOC(=O)N1CCC(N=C(N)[C@@H]2CC[C@@H]3CN2C(=O)N3OS(=O)(=O)[O-])CC1.[Na+]. The van der Waals surface area contributed by atoms with E-state index in [0.717, 1.165) is 0 Å². The third kappa shape index (κ3) is 5.73. The molecule has 3 aliphatic heterocycles. The Morgan fingerprint density at radius 2 is 1.93 bits per heavy atom. The molecule has 3 saturated heterocycles. The van der Waals surface area contributed by atoms with E-state index in [9.17, 15) is 22.6 Å². The van der Waals surface area contributed by atoms with Crippen molar-refractivity contribution in [3.8, 4) is 0 Å². The van der Waals surface area contributed by atoms with Crippen molar-refractivity contribution in [2.45, 2.75) is 50.7 Å². The number of hydroxylamine groups is 2. The number of nitrogens with two attached hydrogens (primary N) is 1. The number of carbonyl (C=O) groups excluding carboxylic acids is 2. The maximum atomic E-state index is 12.4. The van der Waals surface area contributed by atoms with Crippen molar-refractivity contribution >= 4 is 28.4 Å². The summed E-state index contributed by atoms with van der Waals surface area (Å²) in [5.74, 6) is 0.285. The molecule has 158 valence electrons. The van der Waals surface area contributed by atoms with E-state index in [4.69, 9.17) is 10.5 Å². The summed E-state index contributed by atoms with van der Waals surface area (Å²) in [5, 5.41) is 0.618. The molecule has 3 fully saturated rings. The van der Waals surface area contributed by atoms with Crippen LogP contribution in [0.15, 0.2) is 4.99 Å². The number of fused-ring (bicyclic) bond motifs is 2. The number of likely N-dealkylation sites (tertiary alicyclic amines) is 1. The Hall–Kier alpha value is -1.12. The van der Waals surface area contributed by atoms with Crippen LogP contribution in [0.3, 0.4) is 0 Å². The average molecular weight is 441 g/mol. The number of ether oxygens (including phenoxy) is 1. The van der Waals surface area contributed by atoms with Crippen molar-refractivity contribution in [2.24, 2.45) is 10.7 Å². The number of aliphatic imine (C=N–C) groups is 1. The second-order valence-corrected chi connectivity index (χ2v) is 7.93. The molecule has 12 nitrogen and oxygen atoms in total. The number of rotatable bonds is 5. The normalized spacial score (nSPS) is 25.8. The zero-order chi connectivity index (χ0) is 20.5. The fraction of sp³-hybridized carbons (Fsp3) is 0.800. The number of piperidine rings is 2. The van der Waals surface area contributed by atoms with Crippen LogP contribution in [0, 0.1) is 0 Å². The van der Waals surface area contributed by atoms with E-state index in [-0.39, 0.29) is 54.1 Å². The largest absolute Gasteiger partial charge is 1.00 e. The van der Waals surface area contributed by atoms with Crippen LogP contribution in [-0.2, 0) is 19.4 Å². The van der Waals surface area contributed by atoms with E-state index in [0.29, 0.717) is 50.4 Å². The van der Waals surface area contributed by atoms with Crippen molar-refractivity contribution < 1.29 is 61.1 Å². The van der Waals surface area contributed by atoms with E-state index >= 15 is 0 Å². The average Bonchev–Trinajstić information content (AvgIpc) is 2.86. The van der Waals surface area contributed by atoms with Gasteiger partial charge in [0, 0.05) is 19.6 Å². The minimum atomic E-state index is -5.03. The maximum absolute atomic E-state index is 12.4. The first-order valence-electron chi connectivity index (χ1n) is 9.19. The molecule has 14 heteroatoms. The molecule has 3 amide bonds. The third-order valence-corrected chi connectivity index (χ3v) is 5.50. The van der Waals surface area contributed by atoms with Gasteiger partial charge in [-0.2, -0.15) is 9.35 Å². The number of amidine groups is 1. The van der Waals surface area contributed by atoms with E-state index in [1.54, 1.807) is 11.8 Å². The van der Waals surface area contributed by atoms with Gasteiger partial charge in [-0.3, -0.25) is 4.99 Å². The van der Waals surface area contributed by atoms with E-state index in [1.807, 2.05) is 0 Å².